The van der Waals surface area contributed by atoms with Gasteiger partial charge >= 0.3 is 0 Å². The van der Waals surface area contributed by atoms with Crippen molar-refractivity contribution in [3.63, 3.8) is 0 Å². The number of hydrogen-bond acceptors (Lipinski definition) is 8. The van der Waals surface area contributed by atoms with Crippen molar-refractivity contribution < 1.29 is 0 Å². The molecule has 1 atom stereocenters. The Labute approximate surface area is 221 Å². The van der Waals surface area contributed by atoms with Gasteiger partial charge in [0.2, 0.25) is 0 Å². The molecule has 0 spiro atoms. The second kappa shape index (κ2) is 10.8. The van der Waals surface area contributed by atoms with Crippen LogP contribution in [-0.4, -0.2) is 42.3 Å². The number of hydrogen-bond donors (Lipinski definition) is 2. The molecule has 1 unspecified atom stereocenters. The number of aromatic nitrogens is 6. The molecule has 9 nitrogen and oxygen atoms in total. The van der Waals surface area contributed by atoms with Crippen molar-refractivity contribution in [2.75, 3.05) is 12.8 Å². The molecule has 1 fully saturated rings. The minimum Gasteiger partial charge on any atom is -0.312 e. The molecule has 4 heterocycles. The van der Waals surface area contributed by atoms with Crippen LogP contribution in [-0.2, 0) is 0 Å². The van der Waals surface area contributed by atoms with Crippen LogP contribution < -0.4 is 16.4 Å². The number of nitrogens with one attached hydrogen (secondary N) is 2. The van der Waals surface area contributed by atoms with E-state index in [2.05, 4.69) is 25.3 Å². The van der Waals surface area contributed by atoms with Gasteiger partial charge in [0.05, 0.1) is 34.0 Å². The molecule has 11 heteroatoms. The lowest BCUT2D eigenvalue weighted by Crippen LogP contribution is -2.29. The summed E-state index contributed by atoms with van der Waals surface area (Å²) in [5.74, 6) is 0.762. The molecule has 2 aromatic carbocycles. The number of rotatable bonds is 3. The third kappa shape index (κ3) is 5.13. The molecule has 37 heavy (non-hydrogen) atoms. The fourth-order valence-electron chi connectivity index (χ4n) is 4.31. The molecule has 2 N–H and O–H groups in total. The predicted octanol–water partition coefficient (Wildman–Crippen LogP) is 4.21. The van der Waals surface area contributed by atoms with Crippen LogP contribution in [0.1, 0.15) is 30.3 Å². The van der Waals surface area contributed by atoms with Crippen molar-refractivity contribution in [3.8, 4) is 5.69 Å². The molecule has 0 radical (unpaired) electrons. The Hall–Kier alpha value is -3.60. The van der Waals surface area contributed by atoms with Crippen LogP contribution in [0.4, 0.5) is 0 Å². The largest absolute Gasteiger partial charge is 0.312 e. The van der Waals surface area contributed by atoms with Crippen LogP contribution in [0, 0.1) is 6.92 Å². The Balaban J connectivity index is 0.000000182. The number of aryl methyl sites for hydroxylation is 1. The van der Waals surface area contributed by atoms with Crippen LogP contribution in [0.3, 0.4) is 0 Å². The van der Waals surface area contributed by atoms with Gasteiger partial charge in [0.15, 0.2) is 10.8 Å². The van der Waals surface area contributed by atoms with Crippen molar-refractivity contribution in [3.05, 3.63) is 92.1 Å². The fraction of sp³-hybridized carbons (Fsp3) is 0.231. The van der Waals surface area contributed by atoms with Gasteiger partial charge in [0, 0.05) is 6.20 Å². The summed E-state index contributed by atoms with van der Waals surface area (Å²) >= 11 is 7.71. The second-order valence-corrected chi connectivity index (χ2v) is 9.74. The SMILES string of the molecule is CSc1ncc2c(=O)[nH]cnc2n1.Cc1cccc(-n2c(C3CCCN3)nc3cccc(Cl)c3c2=O)c1. The van der Waals surface area contributed by atoms with Gasteiger partial charge in [-0.1, -0.05) is 41.6 Å². The lowest BCUT2D eigenvalue weighted by Gasteiger charge is -2.18. The maximum Gasteiger partial charge on any atom is 0.267 e. The summed E-state index contributed by atoms with van der Waals surface area (Å²) in [6, 6.07) is 13.4. The van der Waals surface area contributed by atoms with Crippen molar-refractivity contribution in [2.24, 2.45) is 0 Å². The topological polar surface area (TPSA) is 118 Å². The van der Waals surface area contributed by atoms with Crippen LogP contribution in [0.5, 0.6) is 0 Å². The zero-order chi connectivity index (χ0) is 25.9. The highest BCUT2D eigenvalue weighted by Gasteiger charge is 2.24. The Bertz CT molecular complexity index is 1710. The highest BCUT2D eigenvalue weighted by Crippen LogP contribution is 2.26. The Morgan fingerprint density at radius 1 is 1.11 bits per heavy atom. The van der Waals surface area contributed by atoms with Crippen LogP contribution in [0.2, 0.25) is 5.02 Å². The summed E-state index contributed by atoms with van der Waals surface area (Å²) in [7, 11) is 0. The lowest BCUT2D eigenvalue weighted by atomic mass is 10.1. The summed E-state index contributed by atoms with van der Waals surface area (Å²) in [6.45, 7) is 2.96. The highest BCUT2D eigenvalue weighted by atomic mass is 35.5. The molecule has 0 aliphatic carbocycles. The minimum atomic E-state index is -0.211. The molecule has 6 rings (SSSR count). The third-order valence-corrected chi connectivity index (χ3v) is 6.94. The maximum atomic E-state index is 13.2. The van der Waals surface area contributed by atoms with E-state index in [0.29, 0.717) is 32.1 Å². The molecular weight excluding hydrogens is 510 g/mol. The highest BCUT2D eigenvalue weighted by molar-refractivity contribution is 7.98. The number of thioether (sulfide) groups is 1. The Kier molecular flexibility index (Phi) is 7.31. The molecule has 1 aliphatic heterocycles. The minimum absolute atomic E-state index is 0.0848. The molecule has 5 aromatic rings. The van der Waals surface area contributed by atoms with Gasteiger partial charge in [0.25, 0.3) is 11.1 Å². The van der Waals surface area contributed by atoms with Gasteiger partial charge in [-0.3, -0.25) is 14.2 Å². The van der Waals surface area contributed by atoms with E-state index >= 15 is 0 Å². The van der Waals surface area contributed by atoms with Crippen LogP contribution in [0.25, 0.3) is 27.6 Å². The van der Waals surface area contributed by atoms with Crippen LogP contribution >= 0.6 is 23.4 Å². The summed E-state index contributed by atoms with van der Waals surface area (Å²) in [6.07, 6.45) is 6.75. The van der Waals surface area contributed by atoms with Crippen molar-refractivity contribution in [1.82, 2.24) is 34.8 Å². The van der Waals surface area contributed by atoms with Crippen molar-refractivity contribution in [1.29, 1.82) is 0 Å². The van der Waals surface area contributed by atoms with Crippen molar-refractivity contribution in [2.45, 2.75) is 31.0 Å². The zero-order valence-electron chi connectivity index (χ0n) is 20.2. The maximum absolute atomic E-state index is 13.2. The number of H-pyrrole nitrogens is 1. The lowest BCUT2D eigenvalue weighted by molar-refractivity contribution is 0.584. The van der Waals surface area contributed by atoms with Crippen LogP contribution in [0.15, 0.2) is 69.7 Å². The molecule has 0 saturated carbocycles. The third-order valence-electron chi connectivity index (χ3n) is 6.06. The van der Waals surface area contributed by atoms with Gasteiger partial charge in [-0.2, -0.15) is 0 Å². The van der Waals surface area contributed by atoms with E-state index in [0.717, 1.165) is 36.5 Å². The molecule has 1 saturated heterocycles. The van der Waals surface area contributed by atoms with Gasteiger partial charge in [-0.15, -0.1) is 0 Å². The molecule has 1 aliphatic rings. The molecule has 188 valence electrons. The second-order valence-electron chi connectivity index (χ2n) is 8.56. The monoisotopic (exact) mass is 533 g/mol. The Morgan fingerprint density at radius 2 is 1.95 bits per heavy atom. The molecular formula is C26H24ClN7O2S. The first-order chi connectivity index (χ1) is 18.0. The quantitative estimate of drug-likeness (QED) is 0.261. The summed E-state index contributed by atoms with van der Waals surface area (Å²) < 4.78 is 1.71. The van der Waals surface area contributed by atoms with Crippen molar-refractivity contribution >= 4 is 45.3 Å². The number of aromatic amines is 1. The van der Waals surface area contributed by atoms with E-state index in [1.807, 2.05) is 49.6 Å². The summed E-state index contributed by atoms with van der Waals surface area (Å²) in [4.78, 5) is 43.7. The molecule has 3 aromatic heterocycles. The number of nitrogens with zero attached hydrogens (tertiary/aromatic N) is 5. The number of halogens is 1. The fourth-order valence-corrected chi connectivity index (χ4v) is 4.89. The first-order valence-electron chi connectivity index (χ1n) is 11.7. The Morgan fingerprint density at radius 3 is 2.70 bits per heavy atom. The smallest absolute Gasteiger partial charge is 0.267 e. The molecule has 0 bridgehead atoms. The zero-order valence-corrected chi connectivity index (χ0v) is 21.8. The first kappa shape index (κ1) is 25.1. The van der Waals surface area contributed by atoms with Gasteiger partial charge in [-0.25, -0.2) is 19.9 Å². The van der Waals surface area contributed by atoms with E-state index in [1.54, 1.807) is 10.6 Å². The summed E-state index contributed by atoms with van der Waals surface area (Å²) in [5, 5.41) is 5.40. The van der Waals surface area contributed by atoms with E-state index in [-0.39, 0.29) is 17.2 Å². The summed E-state index contributed by atoms with van der Waals surface area (Å²) in [5.41, 5.74) is 2.70. The number of benzene rings is 2. The standard InChI is InChI=1S/C19H18ClN3O.C7H6N4OS/c1-12-5-2-6-13(11-12)23-18(16-9-4-10-21-16)22-15-8-3-7-14(20)17(15)19(23)24;1-13-7-8-2-4-5(11-7)9-3-10-6(4)12/h2-3,5-8,11,16,21H,4,9-10H2,1H3;2-3H,1H3,(H,8,9,10,11,12). The van der Waals surface area contributed by atoms with E-state index in [1.165, 1.54) is 24.3 Å². The normalized spacial score (nSPS) is 15.1. The average molecular weight is 534 g/mol. The average Bonchev–Trinajstić information content (AvgIpc) is 3.44. The number of fused-ring (bicyclic) bond motifs is 2. The van der Waals surface area contributed by atoms with E-state index < -0.39 is 0 Å². The van der Waals surface area contributed by atoms with E-state index in [9.17, 15) is 9.59 Å². The predicted molar refractivity (Wildman–Crippen MR) is 147 cm³/mol. The van der Waals surface area contributed by atoms with Gasteiger partial charge < -0.3 is 10.3 Å². The molecule has 0 amide bonds. The van der Waals surface area contributed by atoms with Gasteiger partial charge in [0.1, 0.15) is 11.2 Å². The van der Waals surface area contributed by atoms with E-state index in [4.69, 9.17) is 16.6 Å². The van der Waals surface area contributed by atoms with Gasteiger partial charge in [-0.05, 0) is 62.4 Å². The first-order valence-corrected chi connectivity index (χ1v) is 13.3.